The van der Waals surface area contributed by atoms with Crippen LogP contribution >= 0.6 is 27.3 Å². The van der Waals surface area contributed by atoms with Crippen LogP contribution in [0.2, 0.25) is 0 Å². The number of sulfonamides is 1. The first-order valence-corrected chi connectivity index (χ1v) is 8.06. The number of nitrogens with two attached hydrogens (primary N) is 1. The quantitative estimate of drug-likeness (QED) is 0.764. The van der Waals surface area contributed by atoms with Gasteiger partial charge in [-0.2, -0.15) is 4.31 Å². The fourth-order valence-electron chi connectivity index (χ4n) is 1.31. The van der Waals surface area contributed by atoms with Gasteiger partial charge in [0.05, 0.1) is 10.3 Å². The number of hydrogen-bond acceptors (Lipinski definition) is 5. The second-order valence-electron chi connectivity index (χ2n) is 3.45. The maximum atomic E-state index is 12.3. The second-order valence-corrected chi connectivity index (χ2v) is 7.73. The Bertz CT molecular complexity index is 610. The zero-order valence-electron chi connectivity index (χ0n) is 9.79. The highest BCUT2D eigenvalue weighted by atomic mass is 79.9. The van der Waals surface area contributed by atoms with Crippen LogP contribution in [0, 0.1) is 0 Å². The van der Waals surface area contributed by atoms with Crippen molar-refractivity contribution in [1.29, 1.82) is 0 Å². The van der Waals surface area contributed by atoms with Crippen molar-refractivity contribution in [2.24, 2.45) is 5.73 Å². The zero-order chi connectivity index (χ0) is 14.8. The Balaban J connectivity index is 3.25. The third-order valence-electron chi connectivity index (χ3n) is 2.17. The normalized spacial score (nSPS) is 11.7. The number of hydrogen-bond donors (Lipinski definition) is 2. The number of primary amides is 1. The Labute approximate surface area is 122 Å². The molecular formula is C9H11BrN2O5S2. The first-order valence-electron chi connectivity index (χ1n) is 5.01. The molecule has 7 nitrogen and oxygen atoms in total. The van der Waals surface area contributed by atoms with Gasteiger partial charge in [0.1, 0.15) is 9.77 Å². The minimum absolute atomic E-state index is 0.0516. The Morgan fingerprint density at radius 3 is 2.47 bits per heavy atom. The summed E-state index contributed by atoms with van der Waals surface area (Å²) < 4.78 is 25.6. The van der Waals surface area contributed by atoms with Crippen LogP contribution in [0.1, 0.15) is 16.6 Å². The molecule has 1 amide bonds. The van der Waals surface area contributed by atoms with Crippen molar-refractivity contribution < 1.29 is 23.1 Å². The van der Waals surface area contributed by atoms with Gasteiger partial charge >= 0.3 is 5.97 Å². The lowest BCUT2D eigenvalue weighted by atomic mass is 10.5. The molecular weight excluding hydrogens is 360 g/mol. The predicted molar refractivity (Wildman–Crippen MR) is 72.6 cm³/mol. The van der Waals surface area contributed by atoms with Crippen LogP contribution in [-0.4, -0.2) is 42.8 Å². The standard InChI is InChI=1S/C9H11BrN2O5S2/c1-2-12(4-7(11)13)19(16,17)6-3-5(9(14)15)18-8(6)10/h3H,2,4H2,1H3,(H2,11,13)(H,14,15). The molecule has 0 spiro atoms. The number of amides is 1. The number of carboxylic acid groups (broad SMARTS) is 1. The summed E-state index contributed by atoms with van der Waals surface area (Å²) in [7, 11) is -3.96. The van der Waals surface area contributed by atoms with Crippen LogP contribution in [0.5, 0.6) is 0 Å². The summed E-state index contributed by atoms with van der Waals surface area (Å²) in [6.07, 6.45) is 0. The number of thiophene rings is 1. The second kappa shape index (κ2) is 5.99. The lowest BCUT2D eigenvalue weighted by Crippen LogP contribution is -2.38. The van der Waals surface area contributed by atoms with Crippen molar-refractivity contribution in [2.45, 2.75) is 11.8 Å². The molecule has 0 bridgehead atoms. The summed E-state index contributed by atoms with van der Waals surface area (Å²) in [5, 5.41) is 8.84. The van der Waals surface area contributed by atoms with E-state index in [0.717, 1.165) is 21.7 Å². The van der Waals surface area contributed by atoms with E-state index in [1.165, 1.54) is 0 Å². The number of likely N-dealkylation sites (N-methyl/N-ethyl adjacent to an activating group) is 1. The summed E-state index contributed by atoms with van der Waals surface area (Å²) in [5.41, 5.74) is 4.99. The van der Waals surface area contributed by atoms with E-state index >= 15 is 0 Å². The van der Waals surface area contributed by atoms with Gasteiger partial charge in [0, 0.05) is 6.54 Å². The van der Waals surface area contributed by atoms with Crippen molar-refractivity contribution in [1.82, 2.24) is 4.31 Å². The SMILES string of the molecule is CCN(CC(N)=O)S(=O)(=O)c1cc(C(=O)O)sc1Br. The fraction of sp³-hybridized carbons (Fsp3) is 0.333. The van der Waals surface area contributed by atoms with Crippen molar-refractivity contribution in [3.8, 4) is 0 Å². The number of aromatic carboxylic acids is 1. The fourth-order valence-corrected chi connectivity index (χ4v) is 5.08. The van der Waals surface area contributed by atoms with Crippen LogP contribution in [-0.2, 0) is 14.8 Å². The number of carboxylic acids is 1. The van der Waals surface area contributed by atoms with Gasteiger partial charge < -0.3 is 10.8 Å². The molecule has 0 unspecified atom stereocenters. The lowest BCUT2D eigenvalue weighted by molar-refractivity contribution is -0.118. The Hall–Kier alpha value is -0.970. The van der Waals surface area contributed by atoms with Gasteiger partial charge in [0.2, 0.25) is 15.9 Å². The van der Waals surface area contributed by atoms with Gasteiger partial charge in [-0.25, -0.2) is 13.2 Å². The molecule has 1 aromatic heterocycles. The Kier molecular flexibility index (Phi) is 5.07. The van der Waals surface area contributed by atoms with E-state index in [0.29, 0.717) is 0 Å². The number of carbonyl (C=O) groups is 2. The molecule has 1 rings (SSSR count). The van der Waals surface area contributed by atoms with Crippen LogP contribution in [0.4, 0.5) is 0 Å². The van der Waals surface area contributed by atoms with Crippen LogP contribution in [0.3, 0.4) is 0 Å². The molecule has 3 N–H and O–H groups in total. The van der Waals surface area contributed by atoms with E-state index in [4.69, 9.17) is 10.8 Å². The number of halogens is 1. The first kappa shape index (κ1) is 16.1. The highest BCUT2D eigenvalue weighted by molar-refractivity contribution is 9.11. The van der Waals surface area contributed by atoms with E-state index in [2.05, 4.69) is 15.9 Å². The summed E-state index contributed by atoms with van der Waals surface area (Å²) in [6, 6.07) is 1.05. The molecule has 0 aliphatic carbocycles. The molecule has 0 fully saturated rings. The smallest absolute Gasteiger partial charge is 0.345 e. The minimum atomic E-state index is -3.96. The van der Waals surface area contributed by atoms with Crippen LogP contribution in [0.15, 0.2) is 14.7 Å². The highest BCUT2D eigenvalue weighted by Gasteiger charge is 2.29. The third kappa shape index (κ3) is 3.53. The molecule has 0 aliphatic heterocycles. The van der Waals surface area contributed by atoms with Crippen molar-refractivity contribution >= 4 is 49.2 Å². The van der Waals surface area contributed by atoms with E-state index in [-0.39, 0.29) is 20.1 Å². The average molecular weight is 371 g/mol. The number of nitrogens with zero attached hydrogens (tertiary/aromatic N) is 1. The first-order chi connectivity index (χ1) is 8.70. The summed E-state index contributed by atoms with van der Waals surface area (Å²) in [4.78, 5) is 21.4. The number of rotatable bonds is 6. The molecule has 1 heterocycles. The number of carbonyl (C=O) groups excluding carboxylic acids is 1. The van der Waals surface area contributed by atoms with Gasteiger partial charge in [-0.1, -0.05) is 6.92 Å². The average Bonchev–Trinajstić information content (AvgIpc) is 2.68. The van der Waals surface area contributed by atoms with Crippen molar-refractivity contribution in [3.05, 3.63) is 14.7 Å². The molecule has 1 aromatic rings. The van der Waals surface area contributed by atoms with E-state index < -0.39 is 28.4 Å². The van der Waals surface area contributed by atoms with E-state index in [9.17, 15) is 18.0 Å². The molecule has 0 aromatic carbocycles. The van der Waals surface area contributed by atoms with E-state index in [1.807, 2.05) is 0 Å². The zero-order valence-corrected chi connectivity index (χ0v) is 13.0. The maximum absolute atomic E-state index is 12.3. The summed E-state index contributed by atoms with van der Waals surface area (Å²) in [6.45, 7) is 1.15. The molecule has 0 radical (unpaired) electrons. The van der Waals surface area contributed by atoms with Crippen LogP contribution in [0.25, 0.3) is 0 Å². The lowest BCUT2D eigenvalue weighted by Gasteiger charge is -2.18. The molecule has 0 saturated carbocycles. The minimum Gasteiger partial charge on any atom is -0.477 e. The van der Waals surface area contributed by atoms with Gasteiger partial charge in [0.15, 0.2) is 0 Å². The molecule has 0 saturated heterocycles. The molecule has 106 valence electrons. The van der Waals surface area contributed by atoms with Gasteiger partial charge in [-0.3, -0.25) is 4.79 Å². The predicted octanol–water partition coefficient (Wildman–Crippen LogP) is 0.705. The Morgan fingerprint density at radius 1 is 1.53 bits per heavy atom. The molecule has 19 heavy (non-hydrogen) atoms. The molecule has 0 atom stereocenters. The van der Waals surface area contributed by atoms with Crippen molar-refractivity contribution in [3.63, 3.8) is 0 Å². The monoisotopic (exact) mass is 370 g/mol. The highest BCUT2D eigenvalue weighted by Crippen LogP contribution is 2.33. The Morgan fingerprint density at radius 2 is 2.11 bits per heavy atom. The van der Waals surface area contributed by atoms with Crippen LogP contribution < -0.4 is 5.73 Å². The van der Waals surface area contributed by atoms with Gasteiger partial charge in [-0.15, -0.1) is 11.3 Å². The topological polar surface area (TPSA) is 118 Å². The maximum Gasteiger partial charge on any atom is 0.345 e. The summed E-state index contributed by atoms with van der Waals surface area (Å²) in [5.74, 6) is -2.00. The molecule has 10 heteroatoms. The molecule has 0 aliphatic rings. The van der Waals surface area contributed by atoms with Crippen molar-refractivity contribution in [2.75, 3.05) is 13.1 Å². The van der Waals surface area contributed by atoms with E-state index in [1.54, 1.807) is 6.92 Å². The third-order valence-corrected chi connectivity index (χ3v) is 6.33. The van der Waals surface area contributed by atoms with Gasteiger partial charge in [-0.05, 0) is 22.0 Å². The summed E-state index contributed by atoms with van der Waals surface area (Å²) >= 11 is 3.81. The largest absolute Gasteiger partial charge is 0.477 e. The van der Waals surface area contributed by atoms with Gasteiger partial charge in [0.25, 0.3) is 0 Å².